The largest absolute Gasteiger partial charge is 0.345 e. The predicted octanol–water partition coefficient (Wildman–Crippen LogP) is 1.80. The van der Waals surface area contributed by atoms with E-state index in [-0.39, 0.29) is 30.7 Å². The van der Waals surface area contributed by atoms with Crippen LogP contribution < -0.4 is 10.6 Å². The van der Waals surface area contributed by atoms with Crippen LogP contribution in [0.2, 0.25) is 0 Å². The molecular formula is C14H18Cl2N4O. The number of hydrogen-bond donors (Lipinski definition) is 2. The van der Waals surface area contributed by atoms with E-state index in [0.29, 0.717) is 12.1 Å². The van der Waals surface area contributed by atoms with Gasteiger partial charge in [0.2, 0.25) is 0 Å². The molecule has 7 heteroatoms. The summed E-state index contributed by atoms with van der Waals surface area (Å²) in [5.74, 6) is 0.786. The number of aromatic nitrogens is 2. The highest BCUT2D eigenvalue weighted by molar-refractivity contribution is 5.94. The number of rotatable bonds is 3. The Morgan fingerprint density at radius 3 is 2.81 bits per heavy atom. The first kappa shape index (κ1) is 17.5. The van der Waals surface area contributed by atoms with Crippen LogP contribution in [-0.2, 0) is 26.7 Å². The average Bonchev–Trinajstić information content (AvgIpc) is 3.03. The van der Waals surface area contributed by atoms with Crippen molar-refractivity contribution in [2.45, 2.75) is 19.6 Å². The zero-order valence-electron chi connectivity index (χ0n) is 11.6. The number of nitrogens with zero attached hydrogens (tertiary/aromatic N) is 2. The molecule has 1 aromatic carbocycles. The number of fused-ring (bicyclic) bond motifs is 1. The number of imidazole rings is 1. The van der Waals surface area contributed by atoms with Crippen molar-refractivity contribution in [3.8, 4) is 0 Å². The number of hydrogen-bond acceptors (Lipinski definition) is 3. The van der Waals surface area contributed by atoms with Crippen molar-refractivity contribution in [3.63, 3.8) is 0 Å². The second-order valence-corrected chi connectivity index (χ2v) is 4.72. The molecule has 2 heterocycles. The van der Waals surface area contributed by atoms with Crippen molar-refractivity contribution in [3.05, 3.63) is 53.1 Å². The van der Waals surface area contributed by atoms with Crippen LogP contribution in [0.1, 0.15) is 27.3 Å². The first-order valence-electron chi connectivity index (χ1n) is 6.31. The van der Waals surface area contributed by atoms with Crippen LogP contribution in [0.5, 0.6) is 0 Å². The molecule has 0 radical (unpaired) electrons. The van der Waals surface area contributed by atoms with Crippen LogP contribution in [-0.4, -0.2) is 15.5 Å². The summed E-state index contributed by atoms with van der Waals surface area (Å²) in [6.07, 6.45) is 3.59. The number of benzene rings is 1. The fourth-order valence-corrected chi connectivity index (χ4v) is 2.26. The topological polar surface area (TPSA) is 59.0 Å². The highest BCUT2D eigenvalue weighted by atomic mass is 35.5. The first-order valence-corrected chi connectivity index (χ1v) is 6.31. The van der Waals surface area contributed by atoms with E-state index in [9.17, 15) is 4.79 Å². The normalized spacial score (nSPS) is 12.0. The molecule has 0 fully saturated rings. The van der Waals surface area contributed by atoms with Gasteiger partial charge in [-0.15, -0.1) is 24.8 Å². The molecular weight excluding hydrogens is 311 g/mol. The fraction of sp³-hybridized carbons (Fsp3) is 0.286. The summed E-state index contributed by atoms with van der Waals surface area (Å²) in [6, 6.07) is 5.85. The van der Waals surface area contributed by atoms with Crippen molar-refractivity contribution >= 4 is 30.7 Å². The Labute approximate surface area is 136 Å². The van der Waals surface area contributed by atoms with Crippen LogP contribution in [0.15, 0.2) is 30.6 Å². The Bertz CT molecular complexity index is 627. The minimum absolute atomic E-state index is 0. The molecule has 0 unspecified atom stereocenters. The Kier molecular flexibility index (Phi) is 6.20. The fourth-order valence-electron chi connectivity index (χ4n) is 2.26. The second kappa shape index (κ2) is 7.45. The lowest BCUT2D eigenvalue weighted by Gasteiger charge is -2.07. The zero-order valence-corrected chi connectivity index (χ0v) is 13.3. The first-order chi connectivity index (χ1) is 9.24. The quantitative estimate of drug-likeness (QED) is 0.903. The van der Waals surface area contributed by atoms with Crippen LogP contribution in [0.3, 0.4) is 0 Å². The molecule has 2 N–H and O–H groups in total. The molecule has 0 saturated heterocycles. The molecule has 0 spiro atoms. The summed E-state index contributed by atoms with van der Waals surface area (Å²) < 4.78 is 1.90. The van der Waals surface area contributed by atoms with E-state index in [1.54, 1.807) is 6.20 Å². The lowest BCUT2D eigenvalue weighted by molar-refractivity contribution is 0.0949. The molecule has 2 aromatic rings. The standard InChI is InChI=1S/C14H16N4O.2ClH/c1-18-5-4-16-13(18)9-17-14(19)10-2-3-11-7-15-8-12(11)6-10;;/h2-6,15H,7-9H2,1H3,(H,17,19);2*1H. The average molecular weight is 329 g/mol. The number of nitrogens with one attached hydrogen (secondary N) is 2. The van der Waals surface area contributed by atoms with Crippen molar-refractivity contribution in [2.75, 3.05) is 0 Å². The maximum atomic E-state index is 12.1. The number of halogens is 2. The summed E-state index contributed by atoms with van der Waals surface area (Å²) in [6.45, 7) is 2.18. The number of carbonyl (C=O) groups excluding carboxylic acids is 1. The molecule has 0 saturated carbocycles. The number of amides is 1. The monoisotopic (exact) mass is 328 g/mol. The van der Waals surface area contributed by atoms with E-state index in [1.807, 2.05) is 36.0 Å². The zero-order chi connectivity index (χ0) is 13.2. The second-order valence-electron chi connectivity index (χ2n) is 4.72. The summed E-state index contributed by atoms with van der Waals surface area (Å²) in [5, 5.41) is 6.16. The van der Waals surface area contributed by atoms with E-state index in [4.69, 9.17) is 0 Å². The molecule has 0 aliphatic carbocycles. The van der Waals surface area contributed by atoms with Gasteiger partial charge in [-0.05, 0) is 23.3 Å². The molecule has 5 nitrogen and oxygen atoms in total. The molecule has 1 aliphatic rings. The summed E-state index contributed by atoms with van der Waals surface area (Å²) in [4.78, 5) is 16.3. The smallest absolute Gasteiger partial charge is 0.251 e. The van der Waals surface area contributed by atoms with Gasteiger partial charge in [0.25, 0.3) is 5.91 Å². The third kappa shape index (κ3) is 3.75. The van der Waals surface area contributed by atoms with Gasteiger partial charge in [-0.3, -0.25) is 4.79 Å². The third-order valence-corrected chi connectivity index (χ3v) is 3.43. The van der Waals surface area contributed by atoms with E-state index in [1.165, 1.54) is 11.1 Å². The van der Waals surface area contributed by atoms with Gasteiger partial charge in [0.05, 0.1) is 6.54 Å². The molecule has 114 valence electrons. The van der Waals surface area contributed by atoms with Crippen LogP contribution >= 0.6 is 24.8 Å². The lowest BCUT2D eigenvalue weighted by Crippen LogP contribution is -2.24. The molecule has 1 aliphatic heterocycles. The van der Waals surface area contributed by atoms with Crippen LogP contribution in [0, 0.1) is 0 Å². The van der Waals surface area contributed by atoms with E-state index < -0.39 is 0 Å². The van der Waals surface area contributed by atoms with Crippen LogP contribution in [0.4, 0.5) is 0 Å². The van der Waals surface area contributed by atoms with E-state index in [0.717, 1.165) is 18.9 Å². The lowest BCUT2D eigenvalue weighted by atomic mass is 10.1. The van der Waals surface area contributed by atoms with Crippen LogP contribution in [0.25, 0.3) is 0 Å². The van der Waals surface area contributed by atoms with Gasteiger partial charge in [0.15, 0.2) is 0 Å². The summed E-state index contributed by atoms with van der Waals surface area (Å²) in [7, 11) is 1.91. The Morgan fingerprint density at radius 2 is 2.10 bits per heavy atom. The van der Waals surface area contributed by atoms with Gasteiger partial charge < -0.3 is 15.2 Å². The van der Waals surface area contributed by atoms with Gasteiger partial charge in [-0.25, -0.2) is 4.98 Å². The predicted molar refractivity (Wildman–Crippen MR) is 85.9 cm³/mol. The summed E-state index contributed by atoms with van der Waals surface area (Å²) >= 11 is 0. The summed E-state index contributed by atoms with van der Waals surface area (Å²) in [5.41, 5.74) is 3.20. The molecule has 21 heavy (non-hydrogen) atoms. The van der Waals surface area contributed by atoms with Gasteiger partial charge in [-0.2, -0.15) is 0 Å². The van der Waals surface area contributed by atoms with Gasteiger partial charge in [0, 0.05) is 38.1 Å². The van der Waals surface area contributed by atoms with Crippen molar-refractivity contribution in [2.24, 2.45) is 7.05 Å². The van der Waals surface area contributed by atoms with Gasteiger partial charge in [0.1, 0.15) is 5.82 Å². The van der Waals surface area contributed by atoms with Gasteiger partial charge in [-0.1, -0.05) is 6.07 Å². The maximum absolute atomic E-state index is 12.1. The van der Waals surface area contributed by atoms with E-state index in [2.05, 4.69) is 15.6 Å². The van der Waals surface area contributed by atoms with E-state index >= 15 is 0 Å². The Hall–Kier alpha value is -1.56. The van der Waals surface area contributed by atoms with Crippen molar-refractivity contribution < 1.29 is 4.79 Å². The highest BCUT2D eigenvalue weighted by Crippen LogP contribution is 2.16. The molecule has 3 rings (SSSR count). The molecule has 0 bridgehead atoms. The maximum Gasteiger partial charge on any atom is 0.251 e. The Balaban J connectivity index is 0.00000110. The molecule has 1 aromatic heterocycles. The third-order valence-electron chi connectivity index (χ3n) is 3.43. The van der Waals surface area contributed by atoms with Gasteiger partial charge >= 0.3 is 0 Å². The van der Waals surface area contributed by atoms with Crippen molar-refractivity contribution in [1.29, 1.82) is 0 Å². The number of aryl methyl sites for hydroxylation is 1. The molecule has 1 amide bonds. The minimum atomic E-state index is -0.0577. The SMILES string of the molecule is Cl.Cl.Cn1ccnc1CNC(=O)c1ccc2c(c1)CNC2. The Morgan fingerprint density at radius 1 is 1.33 bits per heavy atom. The molecule has 0 atom stereocenters. The highest BCUT2D eigenvalue weighted by Gasteiger charge is 2.13. The minimum Gasteiger partial charge on any atom is -0.345 e. The van der Waals surface area contributed by atoms with Crippen molar-refractivity contribution in [1.82, 2.24) is 20.2 Å². The number of carbonyl (C=O) groups is 1.